The molecule has 0 aliphatic carbocycles. The monoisotopic (exact) mass is 467 g/mol. The van der Waals surface area contributed by atoms with Crippen LogP contribution in [0.15, 0.2) is 77.3 Å². The highest BCUT2D eigenvalue weighted by molar-refractivity contribution is 9.10. The van der Waals surface area contributed by atoms with E-state index in [1.165, 1.54) is 5.56 Å². The number of halogens is 2. The maximum atomic E-state index is 12.4. The van der Waals surface area contributed by atoms with E-state index in [1.54, 1.807) is 24.3 Å². The van der Waals surface area contributed by atoms with Crippen molar-refractivity contribution < 1.29 is 4.79 Å². The first-order valence-electron chi connectivity index (χ1n) is 9.32. The molecule has 0 aliphatic rings. The number of imidazole rings is 1. The van der Waals surface area contributed by atoms with Crippen molar-refractivity contribution in [3.05, 3.63) is 99.2 Å². The Morgan fingerprint density at radius 3 is 2.69 bits per heavy atom. The van der Waals surface area contributed by atoms with Crippen LogP contribution in [0.3, 0.4) is 0 Å². The minimum atomic E-state index is -0.137. The Morgan fingerprint density at radius 1 is 1.03 bits per heavy atom. The standard InChI is InChI=1S/C23H19BrClN3O/c24-18-7-3-5-16(13-18)15-28-21-10-2-1-9-20(21)27-22(28)11-12-26-23(29)17-6-4-8-19(25)14-17/h1-10,13-14H,11-12,15H2,(H,26,29). The number of hydrogen-bond acceptors (Lipinski definition) is 2. The summed E-state index contributed by atoms with van der Waals surface area (Å²) in [5, 5.41) is 3.51. The van der Waals surface area contributed by atoms with E-state index in [0.29, 0.717) is 23.6 Å². The Hall–Kier alpha value is -2.63. The van der Waals surface area contributed by atoms with Crippen LogP contribution in [0, 0.1) is 0 Å². The van der Waals surface area contributed by atoms with Gasteiger partial charge in [0.1, 0.15) is 5.82 Å². The summed E-state index contributed by atoms with van der Waals surface area (Å²) in [7, 11) is 0. The van der Waals surface area contributed by atoms with Gasteiger partial charge in [-0.2, -0.15) is 0 Å². The summed E-state index contributed by atoms with van der Waals surface area (Å²) in [6, 6.07) is 23.3. The van der Waals surface area contributed by atoms with Gasteiger partial charge in [-0.3, -0.25) is 4.79 Å². The largest absolute Gasteiger partial charge is 0.352 e. The molecular formula is C23H19BrClN3O. The van der Waals surface area contributed by atoms with Gasteiger partial charge in [-0.1, -0.05) is 57.9 Å². The van der Waals surface area contributed by atoms with E-state index in [9.17, 15) is 4.79 Å². The summed E-state index contributed by atoms with van der Waals surface area (Å²) >= 11 is 9.51. The molecule has 0 radical (unpaired) electrons. The minimum Gasteiger partial charge on any atom is -0.352 e. The minimum absolute atomic E-state index is 0.137. The van der Waals surface area contributed by atoms with E-state index in [4.69, 9.17) is 16.6 Å². The zero-order valence-corrected chi connectivity index (χ0v) is 18.0. The molecule has 4 nitrogen and oxygen atoms in total. The summed E-state index contributed by atoms with van der Waals surface area (Å²) < 4.78 is 3.26. The predicted octanol–water partition coefficient (Wildman–Crippen LogP) is 5.47. The Kier molecular flexibility index (Phi) is 5.97. The molecular weight excluding hydrogens is 450 g/mol. The fraction of sp³-hybridized carbons (Fsp3) is 0.130. The summed E-state index contributed by atoms with van der Waals surface area (Å²) in [5.74, 6) is 0.805. The number of nitrogens with zero attached hydrogens (tertiary/aromatic N) is 2. The van der Waals surface area contributed by atoms with E-state index in [2.05, 4.69) is 44.0 Å². The maximum absolute atomic E-state index is 12.4. The fourth-order valence-corrected chi connectivity index (χ4v) is 3.97. The van der Waals surface area contributed by atoms with Crippen molar-refractivity contribution in [1.82, 2.24) is 14.9 Å². The summed E-state index contributed by atoms with van der Waals surface area (Å²) in [4.78, 5) is 17.2. The lowest BCUT2D eigenvalue weighted by Crippen LogP contribution is -2.26. The molecule has 0 fully saturated rings. The van der Waals surface area contributed by atoms with Gasteiger partial charge in [0.15, 0.2) is 0 Å². The quantitative estimate of drug-likeness (QED) is 0.408. The number of para-hydroxylation sites is 2. The van der Waals surface area contributed by atoms with Crippen LogP contribution in [-0.4, -0.2) is 22.0 Å². The second kappa shape index (κ2) is 8.80. The van der Waals surface area contributed by atoms with Crippen LogP contribution < -0.4 is 5.32 Å². The number of benzene rings is 3. The highest BCUT2D eigenvalue weighted by atomic mass is 79.9. The van der Waals surface area contributed by atoms with Gasteiger partial charge in [-0.05, 0) is 48.0 Å². The molecule has 0 aliphatic heterocycles. The van der Waals surface area contributed by atoms with E-state index >= 15 is 0 Å². The lowest BCUT2D eigenvalue weighted by molar-refractivity contribution is 0.0954. The number of carbonyl (C=O) groups excluding carboxylic acids is 1. The molecule has 0 spiro atoms. The second-order valence-electron chi connectivity index (χ2n) is 6.75. The molecule has 29 heavy (non-hydrogen) atoms. The van der Waals surface area contributed by atoms with E-state index < -0.39 is 0 Å². The van der Waals surface area contributed by atoms with Crippen molar-refractivity contribution in [2.24, 2.45) is 0 Å². The van der Waals surface area contributed by atoms with Crippen molar-refractivity contribution in [1.29, 1.82) is 0 Å². The fourth-order valence-electron chi connectivity index (χ4n) is 3.33. The lowest BCUT2D eigenvalue weighted by atomic mass is 10.2. The first-order valence-corrected chi connectivity index (χ1v) is 10.5. The van der Waals surface area contributed by atoms with Crippen LogP contribution in [0.5, 0.6) is 0 Å². The topological polar surface area (TPSA) is 46.9 Å². The molecule has 0 atom stereocenters. The number of carbonyl (C=O) groups is 1. The molecule has 1 amide bonds. The van der Waals surface area contributed by atoms with Crippen molar-refractivity contribution in [3.63, 3.8) is 0 Å². The first kappa shape index (κ1) is 19.7. The molecule has 1 aromatic heterocycles. The number of aromatic nitrogens is 2. The van der Waals surface area contributed by atoms with Crippen LogP contribution in [0.1, 0.15) is 21.7 Å². The number of amides is 1. The number of rotatable bonds is 6. The molecule has 146 valence electrons. The molecule has 1 N–H and O–H groups in total. The molecule has 4 aromatic rings. The van der Waals surface area contributed by atoms with Gasteiger partial charge >= 0.3 is 0 Å². The zero-order chi connectivity index (χ0) is 20.2. The maximum Gasteiger partial charge on any atom is 0.251 e. The van der Waals surface area contributed by atoms with Crippen molar-refractivity contribution in [2.45, 2.75) is 13.0 Å². The van der Waals surface area contributed by atoms with Crippen molar-refractivity contribution in [3.8, 4) is 0 Å². The highest BCUT2D eigenvalue weighted by Gasteiger charge is 2.12. The molecule has 1 heterocycles. The summed E-state index contributed by atoms with van der Waals surface area (Å²) in [6.07, 6.45) is 0.634. The molecule has 6 heteroatoms. The predicted molar refractivity (Wildman–Crippen MR) is 120 cm³/mol. The van der Waals surface area contributed by atoms with Gasteiger partial charge in [0.05, 0.1) is 11.0 Å². The Morgan fingerprint density at radius 2 is 1.86 bits per heavy atom. The average molecular weight is 469 g/mol. The zero-order valence-electron chi connectivity index (χ0n) is 15.6. The van der Waals surface area contributed by atoms with Crippen LogP contribution >= 0.6 is 27.5 Å². The molecule has 0 bridgehead atoms. The van der Waals surface area contributed by atoms with Gasteiger partial charge < -0.3 is 9.88 Å². The van der Waals surface area contributed by atoms with Gasteiger partial charge in [-0.25, -0.2) is 4.98 Å². The van der Waals surface area contributed by atoms with Crippen molar-refractivity contribution >= 4 is 44.5 Å². The van der Waals surface area contributed by atoms with Crippen molar-refractivity contribution in [2.75, 3.05) is 6.54 Å². The van der Waals surface area contributed by atoms with Crippen LogP contribution in [-0.2, 0) is 13.0 Å². The molecule has 3 aromatic carbocycles. The molecule has 0 unspecified atom stereocenters. The van der Waals surface area contributed by atoms with Crippen LogP contribution in [0.25, 0.3) is 11.0 Å². The van der Waals surface area contributed by atoms with E-state index in [1.807, 2.05) is 30.3 Å². The van der Waals surface area contributed by atoms with Crippen LogP contribution in [0.2, 0.25) is 5.02 Å². The third-order valence-corrected chi connectivity index (χ3v) is 5.41. The van der Waals surface area contributed by atoms with E-state index in [-0.39, 0.29) is 5.91 Å². The average Bonchev–Trinajstić information content (AvgIpc) is 3.05. The third kappa shape index (κ3) is 4.69. The summed E-state index contributed by atoms with van der Waals surface area (Å²) in [5.41, 5.74) is 3.79. The third-order valence-electron chi connectivity index (χ3n) is 4.68. The Balaban J connectivity index is 1.53. The molecule has 0 saturated heterocycles. The lowest BCUT2D eigenvalue weighted by Gasteiger charge is -2.11. The van der Waals surface area contributed by atoms with Gasteiger partial charge in [0.2, 0.25) is 0 Å². The number of hydrogen-bond donors (Lipinski definition) is 1. The Labute approximate surface area is 182 Å². The smallest absolute Gasteiger partial charge is 0.251 e. The first-order chi connectivity index (χ1) is 14.1. The van der Waals surface area contributed by atoms with Crippen LogP contribution in [0.4, 0.5) is 0 Å². The SMILES string of the molecule is O=C(NCCc1nc2ccccc2n1Cc1cccc(Br)c1)c1cccc(Cl)c1. The summed E-state index contributed by atoms with van der Waals surface area (Å²) in [6.45, 7) is 1.21. The molecule has 4 rings (SSSR count). The molecule has 0 saturated carbocycles. The van der Waals surface area contributed by atoms with E-state index in [0.717, 1.165) is 27.9 Å². The highest BCUT2D eigenvalue weighted by Crippen LogP contribution is 2.20. The van der Waals surface area contributed by atoms with Gasteiger partial charge in [-0.15, -0.1) is 0 Å². The number of nitrogens with one attached hydrogen (secondary N) is 1. The van der Waals surface area contributed by atoms with Gasteiger partial charge in [0.25, 0.3) is 5.91 Å². The van der Waals surface area contributed by atoms with Gasteiger partial charge in [0, 0.05) is 34.6 Å². The second-order valence-corrected chi connectivity index (χ2v) is 8.10. The Bertz CT molecular complexity index is 1170. The number of fused-ring (bicyclic) bond motifs is 1. The normalized spacial score (nSPS) is 11.0.